The van der Waals surface area contributed by atoms with Gasteiger partial charge in [-0.25, -0.2) is 0 Å². The maximum atomic E-state index is 6.07. The van der Waals surface area contributed by atoms with Gasteiger partial charge in [-0.2, -0.15) is 0 Å². The minimum Gasteiger partial charge on any atom is -0.326 e. The number of hydrogen-bond acceptors (Lipinski definition) is 2. The molecular weight excluding hydrogens is 316 g/mol. The van der Waals surface area contributed by atoms with Gasteiger partial charge < -0.3 is 5.73 Å². The van der Waals surface area contributed by atoms with Crippen molar-refractivity contribution in [3.63, 3.8) is 0 Å². The first-order chi connectivity index (χ1) is 12.7. The second-order valence-electron chi connectivity index (χ2n) is 7.40. The highest BCUT2D eigenvalue weighted by Gasteiger charge is 2.19. The average Bonchev–Trinajstić information content (AvgIpc) is 3.08. The third-order valence-electron chi connectivity index (χ3n) is 5.25. The Morgan fingerprint density at radius 3 is 2.31 bits per heavy atom. The molecule has 1 fully saturated rings. The molecule has 2 N–H and O–H groups in total. The van der Waals surface area contributed by atoms with E-state index in [9.17, 15) is 0 Å². The first-order valence-electron chi connectivity index (χ1n) is 9.42. The van der Waals surface area contributed by atoms with Crippen molar-refractivity contribution in [1.29, 1.82) is 0 Å². The molecule has 0 saturated carbocycles. The molecule has 26 heavy (non-hydrogen) atoms. The van der Waals surface area contributed by atoms with Gasteiger partial charge in [-0.05, 0) is 47.2 Å². The molecule has 0 aromatic heterocycles. The highest BCUT2D eigenvalue weighted by molar-refractivity contribution is 5.84. The van der Waals surface area contributed by atoms with E-state index in [1.54, 1.807) is 0 Å². The summed E-state index contributed by atoms with van der Waals surface area (Å²) in [6.45, 7) is 5.20. The van der Waals surface area contributed by atoms with Crippen LogP contribution < -0.4 is 5.73 Å². The van der Waals surface area contributed by atoms with Crippen molar-refractivity contribution in [3.8, 4) is 22.3 Å². The molecule has 1 heterocycles. The number of benzene rings is 3. The molecule has 4 rings (SSSR count). The molecule has 2 nitrogen and oxygen atoms in total. The first-order valence-corrected chi connectivity index (χ1v) is 9.42. The van der Waals surface area contributed by atoms with Crippen molar-refractivity contribution < 1.29 is 0 Å². The van der Waals surface area contributed by atoms with Crippen LogP contribution in [0, 0.1) is 6.92 Å². The van der Waals surface area contributed by atoms with Crippen LogP contribution in [0.4, 0.5) is 0 Å². The highest BCUT2D eigenvalue weighted by Crippen LogP contribution is 2.33. The van der Waals surface area contributed by atoms with Crippen LogP contribution >= 0.6 is 0 Å². The minimum absolute atomic E-state index is 0.329. The lowest BCUT2D eigenvalue weighted by Gasteiger charge is -2.18. The molecule has 1 saturated heterocycles. The van der Waals surface area contributed by atoms with E-state index in [1.807, 2.05) is 0 Å². The summed E-state index contributed by atoms with van der Waals surface area (Å²) < 4.78 is 0. The molecule has 1 aliphatic rings. The monoisotopic (exact) mass is 342 g/mol. The zero-order chi connectivity index (χ0) is 17.9. The Morgan fingerprint density at radius 1 is 0.885 bits per heavy atom. The van der Waals surface area contributed by atoms with Crippen LogP contribution in [0.15, 0.2) is 72.8 Å². The Hall–Kier alpha value is -2.42. The average molecular weight is 342 g/mol. The Labute approximate surface area is 156 Å². The van der Waals surface area contributed by atoms with E-state index >= 15 is 0 Å². The SMILES string of the molecule is Cc1ccc(-c2ccc(CN3CC[C@H](N)C3)cc2-c2ccccc2)cc1. The Kier molecular flexibility index (Phi) is 4.87. The van der Waals surface area contributed by atoms with E-state index in [4.69, 9.17) is 5.73 Å². The van der Waals surface area contributed by atoms with Crippen LogP contribution in [0.2, 0.25) is 0 Å². The number of likely N-dealkylation sites (tertiary alicyclic amines) is 1. The fourth-order valence-electron chi connectivity index (χ4n) is 3.80. The van der Waals surface area contributed by atoms with Crippen molar-refractivity contribution in [2.24, 2.45) is 5.73 Å². The van der Waals surface area contributed by atoms with Crippen LogP contribution in [0.25, 0.3) is 22.3 Å². The molecule has 0 unspecified atom stereocenters. The number of hydrogen-bond donors (Lipinski definition) is 1. The largest absolute Gasteiger partial charge is 0.326 e. The summed E-state index contributed by atoms with van der Waals surface area (Å²) >= 11 is 0. The Morgan fingerprint density at radius 2 is 1.62 bits per heavy atom. The smallest absolute Gasteiger partial charge is 0.0234 e. The fraction of sp³-hybridized carbons (Fsp3) is 0.250. The number of nitrogens with two attached hydrogens (primary N) is 1. The molecule has 0 amide bonds. The van der Waals surface area contributed by atoms with Gasteiger partial charge in [0.05, 0.1) is 0 Å². The number of rotatable bonds is 4. The van der Waals surface area contributed by atoms with Gasteiger partial charge in [-0.15, -0.1) is 0 Å². The zero-order valence-corrected chi connectivity index (χ0v) is 15.4. The number of nitrogens with zero attached hydrogens (tertiary/aromatic N) is 1. The van der Waals surface area contributed by atoms with E-state index in [1.165, 1.54) is 33.4 Å². The quantitative estimate of drug-likeness (QED) is 0.733. The van der Waals surface area contributed by atoms with Gasteiger partial charge >= 0.3 is 0 Å². The Bertz CT molecular complexity index is 868. The lowest BCUT2D eigenvalue weighted by atomic mass is 9.92. The second-order valence-corrected chi connectivity index (χ2v) is 7.40. The van der Waals surface area contributed by atoms with E-state index in [2.05, 4.69) is 84.6 Å². The highest BCUT2D eigenvalue weighted by atomic mass is 15.2. The van der Waals surface area contributed by atoms with Crippen molar-refractivity contribution in [2.75, 3.05) is 13.1 Å². The third kappa shape index (κ3) is 3.72. The minimum atomic E-state index is 0.329. The lowest BCUT2D eigenvalue weighted by Crippen LogP contribution is -2.26. The molecule has 1 atom stereocenters. The Balaban J connectivity index is 1.73. The summed E-state index contributed by atoms with van der Waals surface area (Å²) in [5.74, 6) is 0. The molecule has 1 aliphatic heterocycles. The van der Waals surface area contributed by atoms with Crippen LogP contribution in [0.3, 0.4) is 0 Å². The van der Waals surface area contributed by atoms with Crippen LogP contribution in [-0.2, 0) is 6.54 Å². The van der Waals surface area contributed by atoms with E-state index < -0.39 is 0 Å². The lowest BCUT2D eigenvalue weighted by molar-refractivity contribution is 0.327. The summed E-state index contributed by atoms with van der Waals surface area (Å²) in [4.78, 5) is 2.46. The summed E-state index contributed by atoms with van der Waals surface area (Å²) in [7, 11) is 0. The number of aryl methyl sites for hydroxylation is 1. The van der Waals surface area contributed by atoms with Gasteiger partial charge in [0.1, 0.15) is 0 Å². The summed E-state index contributed by atoms with van der Waals surface area (Å²) in [6, 6.07) is 26.7. The van der Waals surface area contributed by atoms with Crippen molar-refractivity contribution >= 4 is 0 Å². The molecule has 132 valence electrons. The second kappa shape index (κ2) is 7.45. The molecule has 0 spiro atoms. The molecule has 0 aliphatic carbocycles. The zero-order valence-electron chi connectivity index (χ0n) is 15.4. The van der Waals surface area contributed by atoms with Crippen LogP contribution in [0.5, 0.6) is 0 Å². The van der Waals surface area contributed by atoms with E-state index in [0.29, 0.717) is 6.04 Å². The topological polar surface area (TPSA) is 29.3 Å². The summed E-state index contributed by atoms with van der Waals surface area (Å²) in [6.07, 6.45) is 1.10. The maximum Gasteiger partial charge on any atom is 0.0234 e. The van der Waals surface area contributed by atoms with Crippen molar-refractivity contribution in [1.82, 2.24) is 4.90 Å². The van der Waals surface area contributed by atoms with E-state index in [-0.39, 0.29) is 0 Å². The predicted molar refractivity (Wildman–Crippen MR) is 110 cm³/mol. The van der Waals surface area contributed by atoms with Gasteiger partial charge in [0, 0.05) is 25.7 Å². The summed E-state index contributed by atoms with van der Waals surface area (Å²) in [5, 5.41) is 0. The standard InChI is InChI=1S/C24H26N2/c1-18-7-10-21(11-8-18)23-12-9-19(16-26-14-13-22(25)17-26)15-24(23)20-5-3-2-4-6-20/h2-12,15,22H,13-14,16-17,25H2,1H3/t22-/m0/s1. The molecule has 3 aromatic rings. The van der Waals surface area contributed by atoms with Gasteiger partial charge in [0.15, 0.2) is 0 Å². The van der Waals surface area contributed by atoms with Gasteiger partial charge in [0.2, 0.25) is 0 Å². The van der Waals surface area contributed by atoms with Gasteiger partial charge in [-0.3, -0.25) is 4.90 Å². The molecular formula is C24H26N2. The predicted octanol–water partition coefficient (Wildman–Crippen LogP) is 4.86. The van der Waals surface area contributed by atoms with Crippen molar-refractivity contribution in [2.45, 2.75) is 25.9 Å². The molecule has 2 heteroatoms. The molecule has 0 bridgehead atoms. The van der Waals surface area contributed by atoms with Crippen LogP contribution in [0.1, 0.15) is 17.5 Å². The normalized spacial score (nSPS) is 17.5. The van der Waals surface area contributed by atoms with E-state index in [0.717, 1.165) is 26.1 Å². The maximum absolute atomic E-state index is 6.07. The van der Waals surface area contributed by atoms with Crippen LogP contribution in [-0.4, -0.2) is 24.0 Å². The molecule has 3 aromatic carbocycles. The first kappa shape index (κ1) is 17.0. The third-order valence-corrected chi connectivity index (χ3v) is 5.25. The molecule has 0 radical (unpaired) electrons. The van der Waals surface area contributed by atoms with Gasteiger partial charge in [0.25, 0.3) is 0 Å². The fourth-order valence-corrected chi connectivity index (χ4v) is 3.80. The van der Waals surface area contributed by atoms with Gasteiger partial charge in [-0.1, -0.05) is 72.3 Å². The van der Waals surface area contributed by atoms with Crippen molar-refractivity contribution in [3.05, 3.63) is 83.9 Å². The summed E-state index contributed by atoms with van der Waals surface area (Å²) in [5.41, 5.74) is 13.8.